The number of rotatable bonds is 7. The fourth-order valence-corrected chi connectivity index (χ4v) is 2.31. The van der Waals surface area contributed by atoms with Crippen molar-refractivity contribution in [2.75, 3.05) is 5.32 Å². The average molecular weight is 347 g/mol. The van der Waals surface area contributed by atoms with Crippen LogP contribution >= 0.6 is 12.4 Å². The van der Waals surface area contributed by atoms with Gasteiger partial charge in [0.25, 0.3) is 0 Å². The fraction of sp³-hybridized carbons (Fsp3) is 0.316. The molecule has 0 radical (unpaired) electrons. The largest absolute Gasteiger partial charge is 0.489 e. The molecule has 2 aromatic carbocycles. The first kappa shape index (κ1) is 18.3. The van der Waals surface area contributed by atoms with E-state index in [9.17, 15) is 4.79 Å². The minimum absolute atomic E-state index is 0. The van der Waals surface area contributed by atoms with Gasteiger partial charge in [0.2, 0.25) is 5.91 Å². The van der Waals surface area contributed by atoms with Crippen LogP contribution in [-0.2, 0) is 11.4 Å². The second-order valence-electron chi connectivity index (χ2n) is 5.95. The Morgan fingerprint density at radius 1 is 1.12 bits per heavy atom. The highest BCUT2D eigenvalue weighted by molar-refractivity contribution is 5.94. The van der Waals surface area contributed by atoms with E-state index < -0.39 is 0 Å². The smallest absolute Gasteiger partial charge is 0.241 e. The molecule has 1 saturated carbocycles. The van der Waals surface area contributed by atoms with Gasteiger partial charge in [-0.2, -0.15) is 0 Å². The lowest BCUT2D eigenvalue weighted by molar-refractivity contribution is -0.117. The first-order valence-corrected chi connectivity index (χ1v) is 8.04. The van der Waals surface area contributed by atoms with E-state index in [1.165, 1.54) is 12.8 Å². The third kappa shape index (κ3) is 5.55. The maximum Gasteiger partial charge on any atom is 0.241 e. The van der Waals surface area contributed by atoms with Gasteiger partial charge in [-0.25, -0.2) is 0 Å². The Hall–Kier alpha value is -2.04. The number of amides is 1. The number of anilines is 1. The Balaban J connectivity index is 0.00000208. The summed E-state index contributed by atoms with van der Waals surface area (Å²) in [5.74, 6) is 0.783. The second-order valence-corrected chi connectivity index (χ2v) is 5.95. The number of carbonyl (C=O) groups is 1. The number of nitrogens with one attached hydrogen (secondary N) is 2. The molecule has 1 fully saturated rings. The quantitative estimate of drug-likeness (QED) is 0.802. The third-order valence-corrected chi connectivity index (χ3v) is 3.83. The van der Waals surface area contributed by atoms with Crippen LogP contribution in [0.1, 0.15) is 25.3 Å². The molecule has 4 nitrogen and oxygen atoms in total. The van der Waals surface area contributed by atoms with Gasteiger partial charge in [-0.15, -0.1) is 12.4 Å². The van der Waals surface area contributed by atoms with Gasteiger partial charge < -0.3 is 15.4 Å². The lowest BCUT2D eigenvalue weighted by Gasteiger charge is -2.14. The number of halogens is 1. The monoisotopic (exact) mass is 346 g/mol. The van der Waals surface area contributed by atoms with Crippen LogP contribution in [0.25, 0.3) is 0 Å². The molecule has 0 bridgehead atoms. The molecule has 2 N–H and O–H groups in total. The minimum atomic E-state index is -0.170. The Labute approximate surface area is 149 Å². The lowest BCUT2D eigenvalue weighted by atomic mass is 10.2. The highest BCUT2D eigenvalue weighted by atomic mass is 35.5. The maximum absolute atomic E-state index is 12.1. The molecule has 0 saturated heterocycles. The summed E-state index contributed by atoms with van der Waals surface area (Å²) in [6, 6.07) is 17.9. The van der Waals surface area contributed by atoms with E-state index >= 15 is 0 Å². The van der Waals surface area contributed by atoms with Crippen LogP contribution in [0.4, 0.5) is 5.69 Å². The molecule has 1 aliphatic carbocycles. The second kappa shape index (κ2) is 8.71. The molecule has 1 unspecified atom stereocenters. The van der Waals surface area contributed by atoms with Gasteiger partial charge in [0, 0.05) is 11.7 Å². The van der Waals surface area contributed by atoms with Crippen LogP contribution in [0.3, 0.4) is 0 Å². The lowest BCUT2D eigenvalue weighted by Crippen LogP contribution is -2.39. The summed E-state index contributed by atoms with van der Waals surface area (Å²) in [4.78, 5) is 12.1. The average Bonchev–Trinajstić information content (AvgIpc) is 3.39. The van der Waals surface area contributed by atoms with E-state index in [0.29, 0.717) is 12.6 Å². The summed E-state index contributed by atoms with van der Waals surface area (Å²) in [5.41, 5.74) is 1.91. The molecular weight excluding hydrogens is 324 g/mol. The molecule has 5 heteroatoms. The number of benzene rings is 2. The molecule has 128 valence electrons. The predicted octanol–water partition coefficient (Wildman–Crippen LogP) is 3.77. The van der Waals surface area contributed by atoms with Crippen molar-refractivity contribution < 1.29 is 9.53 Å². The standard InChI is InChI=1S/C19H22N2O2.ClH/c1-14(20-16-7-8-16)19(22)21-17-9-11-18(12-10-17)23-13-15-5-3-2-4-6-15;/h2-6,9-12,14,16,20H,7-8,13H2,1H3,(H,21,22);1H. The number of hydrogen-bond acceptors (Lipinski definition) is 3. The Bertz CT molecular complexity index is 642. The zero-order chi connectivity index (χ0) is 16.1. The molecule has 1 aliphatic rings. The van der Waals surface area contributed by atoms with Crippen molar-refractivity contribution >= 4 is 24.0 Å². The van der Waals surface area contributed by atoms with Gasteiger partial charge in [0.1, 0.15) is 12.4 Å². The zero-order valence-electron chi connectivity index (χ0n) is 13.7. The Morgan fingerprint density at radius 3 is 2.42 bits per heavy atom. The van der Waals surface area contributed by atoms with Gasteiger partial charge in [-0.3, -0.25) is 4.79 Å². The molecule has 24 heavy (non-hydrogen) atoms. The van der Waals surface area contributed by atoms with E-state index in [2.05, 4.69) is 10.6 Å². The summed E-state index contributed by atoms with van der Waals surface area (Å²) < 4.78 is 5.74. The summed E-state index contributed by atoms with van der Waals surface area (Å²) >= 11 is 0. The number of hydrogen-bond donors (Lipinski definition) is 2. The van der Waals surface area contributed by atoms with E-state index in [1.807, 2.05) is 61.5 Å². The van der Waals surface area contributed by atoms with E-state index in [1.54, 1.807) is 0 Å². The molecule has 0 spiro atoms. The molecule has 0 aliphatic heterocycles. The molecule has 0 aromatic heterocycles. The van der Waals surface area contributed by atoms with Gasteiger partial charge in [-0.1, -0.05) is 30.3 Å². The van der Waals surface area contributed by atoms with Crippen LogP contribution in [0, 0.1) is 0 Å². The zero-order valence-corrected chi connectivity index (χ0v) is 14.5. The van der Waals surface area contributed by atoms with Crippen molar-refractivity contribution in [3.63, 3.8) is 0 Å². The van der Waals surface area contributed by atoms with E-state index in [4.69, 9.17) is 4.74 Å². The molecular formula is C19H23ClN2O2. The third-order valence-electron chi connectivity index (χ3n) is 3.83. The SMILES string of the molecule is CC(NC1CC1)C(=O)Nc1ccc(OCc2ccccc2)cc1.Cl. The number of ether oxygens (including phenoxy) is 1. The van der Waals surface area contributed by atoms with Crippen LogP contribution < -0.4 is 15.4 Å². The van der Waals surface area contributed by atoms with Gasteiger partial charge >= 0.3 is 0 Å². The Kier molecular flexibility index (Phi) is 6.64. The predicted molar refractivity (Wildman–Crippen MR) is 98.7 cm³/mol. The summed E-state index contributed by atoms with van der Waals surface area (Å²) in [6.45, 7) is 2.43. The van der Waals surface area contributed by atoms with Crippen molar-refractivity contribution in [3.8, 4) is 5.75 Å². The van der Waals surface area contributed by atoms with Crippen molar-refractivity contribution in [1.29, 1.82) is 0 Å². The Morgan fingerprint density at radius 2 is 1.79 bits per heavy atom. The van der Waals surface area contributed by atoms with Gasteiger partial charge in [0.15, 0.2) is 0 Å². The highest BCUT2D eigenvalue weighted by Crippen LogP contribution is 2.20. The van der Waals surface area contributed by atoms with Crippen LogP contribution in [0.15, 0.2) is 54.6 Å². The normalized spacial score (nSPS) is 14.4. The highest BCUT2D eigenvalue weighted by Gasteiger charge is 2.25. The summed E-state index contributed by atoms with van der Waals surface area (Å²) in [6.07, 6.45) is 2.34. The molecule has 1 amide bonds. The van der Waals surface area contributed by atoms with E-state index in [-0.39, 0.29) is 24.4 Å². The van der Waals surface area contributed by atoms with E-state index in [0.717, 1.165) is 17.0 Å². The van der Waals surface area contributed by atoms with Crippen LogP contribution in [-0.4, -0.2) is 18.0 Å². The topological polar surface area (TPSA) is 50.4 Å². The van der Waals surface area contributed by atoms with Crippen LogP contribution in [0.2, 0.25) is 0 Å². The fourth-order valence-electron chi connectivity index (χ4n) is 2.31. The van der Waals surface area contributed by atoms with Gasteiger partial charge in [0.05, 0.1) is 6.04 Å². The van der Waals surface area contributed by atoms with Crippen molar-refractivity contribution in [1.82, 2.24) is 5.32 Å². The summed E-state index contributed by atoms with van der Waals surface area (Å²) in [7, 11) is 0. The molecule has 3 rings (SSSR count). The molecule has 0 heterocycles. The van der Waals surface area contributed by atoms with Crippen molar-refractivity contribution in [3.05, 3.63) is 60.2 Å². The number of carbonyl (C=O) groups excluding carboxylic acids is 1. The molecule has 1 atom stereocenters. The van der Waals surface area contributed by atoms with Gasteiger partial charge in [-0.05, 0) is 49.6 Å². The van der Waals surface area contributed by atoms with Crippen molar-refractivity contribution in [2.24, 2.45) is 0 Å². The minimum Gasteiger partial charge on any atom is -0.489 e. The molecule has 2 aromatic rings. The van der Waals surface area contributed by atoms with Crippen molar-refractivity contribution in [2.45, 2.75) is 38.5 Å². The maximum atomic E-state index is 12.1. The summed E-state index contributed by atoms with van der Waals surface area (Å²) in [5, 5.41) is 6.21. The first-order chi connectivity index (χ1) is 11.2. The first-order valence-electron chi connectivity index (χ1n) is 8.04. The van der Waals surface area contributed by atoms with Crippen LogP contribution in [0.5, 0.6) is 5.75 Å².